The van der Waals surface area contributed by atoms with Gasteiger partial charge in [0.05, 0.1) is 17.0 Å². The molecule has 3 atom stereocenters. The van der Waals surface area contributed by atoms with E-state index >= 15 is 0 Å². The lowest BCUT2D eigenvalue weighted by Gasteiger charge is -2.43. The van der Waals surface area contributed by atoms with Gasteiger partial charge in [-0.3, -0.25) is 9.69 Å². The topological polar surface area (TPSA) is 78.9 Å². The van der Waals surface area contributed by atoms with Crippen LogP contribution in [0, 0.1) is 11.6 Å². The Bertz CT molecular complexity index is 1140. The van der Waals surface area contributed by atoms with Crippen molar-refractivity contribution in [3.05, 3.63) is 58.6 Å². The van der Waals surface area contributed by atoms with E-state index in [-0.39, 0.29) is 35.8 Å². The summed E-state index contributed by atoms with van der Waals surface area (Å²) in [4.78, 5) is 18.7. The molecule has 1 aliphatic carbocycles. The number of alkyl halides is 2. The van der Waals surface area contributed by atoms with Crippen LogP contribution in [0.25, 0.3) is 11.1 Å². The van der Waals surface area contributed by atoms with Crippen LogP contribution in [-0.4, -0.2) is 39.9 Å². The SMILES string of the molecule is C[C@@]1(c2cccc(-c3ccc(F)cc3F)c2Cl)CC(=O)N([C@H]2CCC(F)(F)[C@@H](O)C2)C(N)=N1. The molecule has 33 heavy (non-hydrogen) atoms. The van der Waals surface area contributed by atoms with Crippen molar-refractivity contribution in [3.8, 4) is 11.1 Å². The lowest BCUT2D eigenvalue weighted by molar-refractivity contribution is -0.151. The van der Waals surface area contributed by atoms with Gasteiger partial charge in [0.25, 0.3) is 5.92 Å². The van der Waals surface area contributed by atoms with Crippen molar-refractivity contribution in [2.24, 2.45) is 10.7 Å². The van der Waals surface area contributed by atoms with Crippen LogP contribution in [-0.2, 0) is 10.3 Å². The van der Waals surface area contributed by atoms with E-state index < -0.39 is 47.6 Å². The second-order valence-electron chi connectivity index (χ2n) is 8.68. The number of benzene rings is 2. The van der Waals surface area contributed by atoms with E-state index in [4.69, 9.17) is 17.3 Å². The van der Waals surface area contributed by atoms with Crippen molar-refractivity contribution in [1.82, 2.24) is 4.90 Å². The van der Waals surface area contributed by atoms with Gasteiger partial charge in [-0.15, -0.1) is 0 Å². The number of nitrogens with two attached hydrogens (primary N) is 1. The smallest absolute Gasteiger partial charge is 0.273 e. The number of aliphatic hydroxyl groups excluding tert-OH is 1. The summed E-state index contributed by atoms with van der Waals surface area (Å²) < 4.78 is 55.1. The van der Waals surface area contributed by atoms with Crippen molar-refractivity contribution < 1.29 is 27.5 Å². The molecule has 0 bridgehead atoms. The molecule has 0 saturated heterocycles. The third-order valence-electron chi connectivity index (χ3n) is 6.33. The van der Waals surface area contributed by atoms with E-state index in [1.165, 1.54) is 6.07 Å². The van der Waals surface area contributed by atoms with Crippen LogP contribution in [0.4, 0.5) is 17.6 Å². The highest BCUT2D eigenvalue weighted by atomic mass is 35.5. The molecular formula is C23H22ClF4N3O2. The zero-order chi connectivity index (χ0) is 24.1. The summed E-state index contributed by atoms with van der Waals surface area (Å²) in [5, 5.41) is 9.90. The van der Waals surface area contributed by atoms with Gasteiger partial charge in [0, 0.05) is 36.1 Å². The molecule has 2 aliphatic rings. The highest BCUT2D eigenvalue weighted by Crippen LogP contribution is 2.43. The highest BCUT2D eigenvalue weighted by molar-refractivity contribution is 6.34. The average Bonchev–Trinajstić information content (AvgIpc) is 2.71. The number of halogens is 5. The Morgan fingerprint density at radius 1 is 1.21 bits per heavy atom. The molecular weight excluding hydrogens is 462 g/mol. The predicted octanol–water partition coefficient (Wildman–Crippen LogP) is 4.60. The Hall–Kier alpha value is -2.65. The second kappa shape index (κ2) is 8.29. The van der Waals surface area contributed by atoms with E-state index in [2.05, 4.69) is 4.99 Å². The van der Waals surface area contributed by atoms with Gasteiger partial charge >= 0.3 is 0 Å². The minimum absolute atomic E-state index is 0.0250. The third-order valence-corrected chi connectivity index (χ3v) is 6.74. The summed E-state index contributed by atoms with van der Waals surface area (Å²) in [5.74, 6) is -5.33. The van der Waals surface area contributed by atoms with E-state index in [0.717, 1.165) is 17.0 Å². The summed E-state index contributed by atoms with van der Waals surface area (Å²) in [7, 11) is 0. The number of hydrogen-bond donors (Lipinski definition) is 2. The first-order chi connectivity index (χ1) is 15.4. The predicted molar refractivity (Wildman–Crippen MR) is 116 cm³/mol. The van der Waals surface area contributed by atoms with Crippen LogP contribution >= 0.6 is 11.6 Å². The van der Waals surface area contributed by atoms with Gasteiger partial charge in [0.1, 0.15) is 17.7 Å². The zero-order valence-electron chi connectivity index (χ0n) is 17.7. The molecule has 3 N–H and O–H groups in total. The van der Waals surface area contributed by atoms with Crippen LogP contribution in [0.1, 0.15) is 38.2 Å². The number of hydrogen-bond acceptors (Lipinski definition) is 4. The Labute approximate surface area is 192 Å². The molecule has 2 aromatic rings. The van der Waals surface area contributed by atoms with Gasteiger partial charge in [-0.25, -0.2) is 22.6 Å². The molecule has 0 spiro atoms. The van der Waals surface area contributed by atoms with Gasteiger partial charge in [0.2, 0.25) is 5.91 Å². The first kappa shape index (κ1) is 23.5. The molecule has 5 nitrogen and oxygen atoms in total. The lowest BCUT2D eigenvalue weighted by atomic mass is 9.84. The molecule has 1 fully saturated rings. The second-order valence-corrected chi connectivity index (χ2v) is 9.06. The maximum absolute atomic E-state index is 14.4. The summed E-state index contributed by atoms with van der Waals surface area (Å²) >= 11 is 6.60. The van der Waals surface area contributed by atoms with E-state index in [0.29, 0.717) is 11.1 Å². The van der Waals surface area contributed by atoms with Crippen LogP contribution in [0.2, 0.25) is 5.02 Å². The molecule has 0 unspecified atom stereocenters. The third kappa shape index (κ3) is 4.19. The Morgan fingerprint density at radius 2 is 1.94 bits per heavy atom. The summed E-state index contributed by atoms with van der Waals surface area (Å²) in [5.41, 5.74) is 5.71. The molecule has 0 aromatic heterocycles. The Kier molecular flexibility index (Phi) is 5.90. The van der Waals surface area contributed by atoms with Crippen molar-refractivity contribution in [3.63, 3.8) is 0 Å². The lowest BCUT2D eigenvalue weighted by Crippen LogP contribution is -2.57. The average molecular weight is 484 g/mol. The fourth-order valence-electron chi connectivity index (χ4n) is 4.57. The number of rotatable bonds is 3. The van der Waals surface area contributed by atoms with Gasteiger partial charge in [-0.1, -0.05) is 29.8 Å². The summed E-state index contributed by atoms with van der Waals surface area (Å²) in [6.07, 6.45) is -2.94. The van der Waals surface area contributed by atoms with E-state index in [9.17, 15) is 27.5 Å². The quantitative estimate of drug-likeness (QED) is 0.626. The van der Waals surface area contributed by atoms with Gasteiger partial charge < -0.3 is 10.8 Å². The molecule has 1 aliphatic heterocycles. The molecule has 1 heterocycles. The van der Waals surface area contributed by atoms with Gasteiger partial charge in [-0.2, -0.15) is 0 Å². The van der Waals surface area contributed by atoms with Crippen LogP contribution in [0.15, 0.2) is 41.4 Å². The minimum atomic E-state index is -3.21. The molecule has 10 heteroatoms. The molecule has 4 rings (SSSR count). The van der Waals surface area contributed by atoms with Crippen LogP contribution in [0.5, 0.6) is 0 Å². The fourth-order valence-corrected chi connectivity index (χ4v) is 5.00. The number of carbonyl (C=O) groups is 1. The number of nitrogens with zero attached hydrogens (tertiary/aromatic N) is 2. The van der Waals surface area contributed by atoms with Gasteiger partial charge in [-0.05, 0) is 31.0 Å². The van der Waals surface area contributed by atoms with Gasteiger partial charge in [0.15, 0.2) is 5.96 Å². The minimum Gasteiger partial charge on any atom is -0.387 e. The number of guanidine groups is 1. The monoisotopic (exact) mass is 483 g/mol. The van der Waals surface area contributed by atoms with Crippen molar-refractivity contribution >= 4 is 23.5 Å². The highest BCUT2D eigenvalue weighted by Gasteiger charge is 2.48. The maximum atomic E-state index is 14.4. The fraction of sp³-hybridized carbons (Fsp3) is 0.391. The first-order valence-corrected chi connectivity index (χ1v) is 10.8. The Morgan fingerprint density at radius 3 is 2.58 bits per heavy atom. The molecule has 1 amide bonds. The maximum Gasteiger partial charge on any atom is 0.273 e. The number of aliphatic imine (C=N–C) groups is 1. The Balaban J connectivity index is 1.69. The molecule has 1 saturated carbocycles. The van der Waals surface area contributed by atoms with E-state index in [1.807, 2.05) is 0 Å². The van der Waals surface area contributed by atoms with Crippen molar-refractivity contribution in [2.75, 3.05) is 0 Å². The van der Waals surface area contributed by atoms with Crippen molar-refractivity contribution in [1.29, 1.82) is 0 Å². The number of carbonyl (C=O) groups excluding carboxylic acids is 1. The largest absolute Gasteiger partial charge is 0.387 e. The van der Waals surface area contributed by atoms with E-state index in [1.54, 1.807) is 25.1 Å². The van der Waals surface area contributed by atoms with Crippen LogP contribution in [0.3, 0.4) is 0 Å². The number of amides is 1. The normalized spacial score (nSPS) is 27.4. The summed E-state index contributed by atoms with van der Waals surface area (Å²) in [6.45, 7) is 1.64. The van der Waals surface area contributed by atoms with Crippen LogP contribution < -0.4 is 5.73 Å². The first-order valence-electron chi connectivity index (χ1n) is 10.4. The molecule has 0 radical (unpaired) electrons. The zero-order valence-corrected chi connectivity index (χ0v) is 18.4. The summed E-state index contributed by atoms with van der Waals surface area (Å²) in [6, 6.07) is 7.26. The molecule has 176 valence electrons. The standard InChI is InChI=1S/C23H22ClF4N3O2/c1-22(16-4-2-3-15(20(16)24)14-6-5-12(25)9-17(14)26)11-19(33)31(21(29)30-22)13-7-8-23(27,28)18(32)10-13/h2-6,9,13,18,32H,7-8,10-11H2,1H3,(H2,29,30)/t13-,18-,22-/m0/s1. The molecule has 2 aromatic carbocycles. The van der Waals surface area contributed by atoms with Crippen molar-refractivity contribution in [2.45, 2.75) is 56.2 Å². The number of aliphatic hydroxyl groups is 1.